The number of rotatable bonds is 2. The van der Waals surface area contributed by atoms with Gasteiger partial charge in [0, 0.05) is 12.6 Å². The number of aliphatic hydroxyl groups is 1. The third-order valence-corrected chi connectivity index (χ3v) is 4.05. The molecule has 0 saturated carbocycles. The van der Waals surface area contributed by atoms with Gasteiger partial charge in [-0.2, -0.15) is 4.98 Å². The van der Waals surface area contributed by atoms with E-state index in [0.29, 0.717) is 19.4 Å². The van der Waals surface area contributed by atoms with Gasteiger partial charge in [0.2, 0.25) is 0 Å². The summed E-state index contributed by atoms with van der Waals surface area (Å²) < 4.78 is 12.8. The predicted octanol–water partition coefficient (Wildman–Crippen LogP) is -0.347. The first-order chi connectivity index (χ1) is 9.07. The molecule has 2 saturated heterocycles. The summed E-state index contributed by atoms with van der Waals surface area (Å²) >= 11 is 0. The third-order valence-electron chi connectivity index (χ3n) is 4.05. The van der Waals surface area contributed by atoms with Crippen molar-refractivity contribution < 1.29 is 14.6 Å². The van der Waals surface area contributed by atoms with Gasteiger partial charge in [-0.15, -0.1) is 0 Å². The van der Waals surface area contributed by atoms with Gasteiger partial charge in [0.25, 0.3) is 0 Å². The lowest BCUT2D eigenvalue weighted by molar-refractivity contribution is -0.123. The van der Waals surface area contributed by atoms with Gasteiger partial charge in [-0.1, -0.05) is 6.92 Å². The summed E-state index contributed by atoms with van der Waals surface area (Å²) in [5, 5.41) is 10.3. The number of nitrogens with two attached hydrogens (primary N) is 1. The summed E-state index contributed by atoms with van der Waals surface area (Å²) in [5.41, 5.74) is 4.34. The zero-order valence-electron chi connectivity index (χ0n) is 10.7. The van der Waals surface area contributed by atoms with Crippen LogP contribution in [-0.4, -0.2) is 39.1 Å². The molecule has 2 aliphatic heterocycles. The van der Waals surface area contributed by atoms with E-state index in [1.165, 1.54) is 16.8 Å². The molecular formula is C12H17N3O4. The Morgan fingerprint density at radius 2 is 2.47 bits per heavy atom. The van der Waals surface area contributed by atoms with Crippen LogP contribution in [0.3, 0.4) is 0 Å². The summed E-state index contributed by atoms with van der Waals surface area (Å²) in [4.78, 5) is 15.5. The fourth-order valence-corrected chi connectivity index (χ4v) is 2.88. The standard InChI is InChI=1S/C12H17N3O4/c1-2-12-4-6-18-8(9(12)16)10(19-12)15-5-3-7(13)14-11(15)17/h3,5,8-10,16H,2,4,6H2,1H3,(H2,13,14,17)/t8?,9?,10-,12+/m1/s1. The first kappa shape index (κ1) is 12.6. The van der Waals surface area contributed by atoms with E-state index in [0.717, 1.165) is 0 Å². The number of nitrogens with zero attached hydrogens (tertiary/aromatic N) is 2. The lowest BCUT2D eigenvalue weighted by Crippen LogP contribution is -2.48. The molecule has 0 aliphatic carbocycles. The average molecular weight is 267 g/mol. The Morgan fingerprint density at radius 1 is 1.68 bits per heavy atom. The van der Waals surface area contributed by atoms with Crippen molar-refractivity contribution in [2.24, 2.45) is 0 Å². The molecule has 7 heteroatoms. The van der Waals surface area contributed by atoms with Crippen LogP contribution in [-0.2, 0) is 9.47 Å². The zero-order chi connectivity index (χ0) is 13.6. The van der Waals surface area contributed by atoms with E-state index >= 15 is 0 Å². The molecule has 1 aromatic heterocycles. The van der Waals surface area contributed by atoms with Gasteiger partial charge in [0.1, 0.15) is 23.6 Å². The van der Waals surface area contributed by atoms with Crippen molar-refractivity contribution in [3.8, 4) is 0 Å². The molecule has 0 amide bonds. The van der Waals surface area contributed by atoms with Crippen LogP contribution >= 0.6 is 0 Å². The monoisotopic (exact) mass is 267 g/mol. The van der Waals surface area contributed by atoms with E-state index in [4.69, 9.17) is 15.2 Å². The molecule has 2 bridgehead atoms. The van der Waals surface area contributed by atoms with Gasteiger partial charge in [-0.25, -0.2) is 4.79 Å². The quantitative estimate of drug-likeness (QED) is 0.760. The molecule has 2 unspecified atom stereocenters. The van der Waals surface area contributed by atoms with Crippen molar-refractivity contribution in [3.63, 3.8) is 0 Å². The van der Waals surface area contributed by atoms with E-state index in [2.05, 4.69) is 4.98 Å². The zero-order valence-corrected chi connectivity index (χ0v) is 10.7. The van der Waals surface area contributed by atoms with Crippen LogP contribution in [0.2, 0.25) is 0 Å². The smallest absolute Gasteiger partial charge is 0.351 e. The Hall–Kier alpha value is -1.44. The van der Waals surface area contributed by atoms with Crippen molar-refractivity contribution >= 4 is 5.82 Å². The molecule has 0 aromatic carbocycles. The molecule has 4 atom stereocenters. The number of hydrogen-bond donors (Lipinski definition) is 2. The highest BCUT2D eigenvalue weighted by atomic mass is 16.6. The van der Waals surface area contributed by atoms with Crippen molar-refractivity contribution in [2.45, 2.75) is 43.8 Å². The van der Waals surface area contributed by atoms with Gasteiger partial charge >= 0.3 is 5.69 Å². The van der Waals surface area contributed by atoms with Crippen molar-refractivity contribution in [1.82, 2.24) is 9.55 Å². The summed E-state index contributed by atoms with van der Waals surface area (Å²) in [6.45, 7) is 2.47. The molecule has 19 heavy (non-hydrogen) atoms. The van der Waals surface area contributed by atoms with E-state index in [1.54, 1.807) is 0 Å². The highest BCUT2D eigenvalue weighted by molar-refractivity contribution is 5.23. The van der Waals surface area contributed by atoms with Crippen molar-refractivity contribution in [1.29, 1.82) is 0 Å². The highest BCUT2D eigenvalue weighted by Gasteiger charge is 2.57. The average Bonchev–Trinajstić information content (AvgIpc) is 2.56. The van der Waals surface area contributed by atoms with Crippen LogP contribution < -0.4 is 11.4 Å². The minimum atomic E-state index is -0.735. The van der Waals surface area contributed by atoms with Crippen LogP contribution in [0.25, 0.3) is 0 Å². The lowest BCUT2D eigenvalue weighted by Gasteiger charge is -2.34. The Morgan fingerprint density at radius 3 is 3.11 bits per heavy atom. The van der Waals surface area contributed by atoms with Gasteiger partial charge < -0.3 is 20.3 Å². The van der Waals surface area contributed by atoms with Crippen molar-refractivity contribution in [3.05, 3.63) is 22.7 Å². The first-order valence-corrected chi connectivity index (χ1v) is 6.39. The first-order valence-electron chi connectivity index (χ1n) is 6.39. The second-order valence-corrected chi connectivity index (χ2v) is 5.00. The molecule has 0 radical (unpaired) electrons. The van der Waals surface area contributed by atoms with Crippen molar-refractivity contribution in [2.75, 3.05) is 12.3 Å². The van der Waals surface area contributed by atoms with Crippen LogP contribution in [0, 0.1) is 0 Å². The maximum Gasteiger partial charge on any atom is 0.351 e. The minimum Gasteiger partial charge on any atom is -0.387 e. The molecule has 3 heterocycles. The summed E-state index contributed by atoms with van der Waals surface area (Å²) in [6, 6.07) is 1.53. The Kier molecular flexibility index (Phi) is 2.84. The maximum atomic E-state index is 11.9. The van der Waals surface area contributed by atoms with E-state index in [9.17, 15) is 9.90 Å². The van der Waals surface area contributed by atoms with Crippen LogP contribution in [0.1, 0.15) is 26.0 Å². The summed E-state index contributed by atoms with van der Waals surface area (Å²) in [6.07, 6.45) is 0.877. The topological polar surface area (TPSA) is 99.6 Å². The van der Waals surface area contributed by atoms with Gasteiger partial charge in [0.15, 0.2) is 6.23 Å². The van der Waals surface area contributed by atoms with Gasteiger partial charge in [-0.3, -0.25) is 4.57 Å². The summed E-state index contributed by atoms with van der Waals surface area (Å²) in [5.74, 6) is 0.161. The molecule has 2 aliphatic rings. The number of aliphatic hydroxyl groups excluding tert-OH is 1. The number of anilines is 1. The van der Waals surface area contributed by atoms with Gasteiger partial charge in [-0.05, 0) is 12.5 Å². The molecule has 3 N–H and O–H groups in total. The molecular weight excluding hydrogens is 250 g/mol. The molecule has 1 aromatic rings. The number of aromatic nitrogens is 2. The normalized spacial score (nSPS) is 37.5. The lowest BCUT2D eigenvalue weighted by atomic mass is 9.87. The number of fused-ring (bicyclic) bond motifs is 2. The Labute approximate surface area is 110 Å². The second-order valence-electron chi connectivity index (χ2n) is 5.00. The highest BCUT2D eigenvalue weighted by Crippen LogP contribution is 2.45. The SMILES string of the molecule is CC[C@]12CCOC(C1O)[C@H](n1ccc(N)nc1=O)O2. The number of ether oxygens (including phenoxy) is 2. The third kappa shape index (κ3) is 1.77. The van der Waals surface area contributed by atoms with E-state index < -0.39 is 29.7 Å². The Bertz CT molecular complexity index is 546. The van der Waals surface area contributed by atoms with Gasteiger partial charge in [0.05, 0.1) is 6.61 Å². The number of nitrogen functional groups attached to an aromatic ring is 1. The minimum absolute atomic E-state index is 0.161. The van der Waals surface area contributed by atoms with Crippen LogP contribution in [0.4, 0.5) is 5.82 Å². The Balaban J connectivity index is 2.01. The van der Waals surface area contributed by atoms with E-state index in [-0.39, 0.29) is 5.82 Å². The largest absolute Gasteiger partial charge is 0.387 e. The predicted molar refractivity (Wildman–Crippen MR) is 66.4 cm³/mol. The fourth-order valence-electron chi connectivity index (χ4n) is 2.88. The fraction of sp³-hybridized carbons (Fsp3) is 0.667. The molecule has 2 fully saturated rings. The maximum absolute atomic E-state index is 11.9. The molecule has 3 rings (SSSR count). The number of hydrogen-bond acceptors (Lipinski definition) is 6. The van der Waals surface area contributed by atoms with Crippen LogP contribution in [0.15, 0.2) is 17.1 Å². The summed E-state index contributed by atoms with van der Waals surface area (Å²) in [7, 11) is 0. The molecule has 0 spiro atoms. The second kappa shape index (κ2) is 4.29. The molecule has 7 nitrogen and oxygen atoms in total. The van der Waals surface area contributed by atoms with Crippen LogP contribution in [0.5, 0.6) is 0 Å². The molecule has 104 valence electrons. The van der Waals surface area contributed by atoms with E-state index in [1.807, 2.05) is 6.92 Å².